The molecule has 138 valence electrons. The van der Waals surface area contributed by atoms with E-state index in [4.69, 9.17) is 0 Å². The molecule has 1 aliphatic rings. The first-order valence-corrected chi connectivity index (χ1v) is 9.36. The number of carbonyl (C=O) groups is 1. The summed E-state index contributed by atoms with van der Waals surface area (Å²) in [6.07, 6.45) is 1.97. The molecule has 0 unspecified atom stereocenters. The van der Waals surface area contributed by atoms with Gasteiger partial charge in [0.15, 0.2) is 0 Å². The van der Waals surface area contributed by atoms with Gasteiger partial charge in [0, 0.05) is 24.2 Å². The predicted molar refractivity (Wildman–Crippen MR) is 108 cm³/mol. The standard InChI is InChI=1S/C22H24N4O/c1-15-5-3-4-6-19(15)20-14-21(26(2)25-20)24-22(27)18-8-7-16-9-11-23-12-10-17(16)13-18/h3-8,13-14,23H,9-12H2,1-2H3,(H,24,27). The van der Waals surface area contributed by atoms with Crippen LogP contribution in [0.25, 0.3) is 11.3 Å². The Hall–Kier alpha value is -2.92. The van der Waals surface area contributed by atoms with E-state index in [1.54, 1.807) is 4.68 Å². The van der Waals surface area contributed by atoms with Crippen LogP contribution in [0.4, 0.5) is 5.82 Å². The number of nitrogens with zero attached hydrogens (tertiary/aromatic N) is 2. The number of aromatic nitrogens is 2. The monoisotopic (exact) mass is 360 g/mol. The zero-order valence-electron chi connectivity index (χ0n) is 15.7. The van der Waals surface area contributed by atoms with E-state index < -0.39 is 0 Å². The van der Waals surface area contributed by atoms with Gasteiger partial charge in [0.05, 0.1) is 5.69 Å². The maximum absolute atomic E-state index is 12.8. The predicted octanol–water partition coefficient (Wildman–Crippen LogP) is 3.34. The zero-order valence-corrected chi connectivity index (χ0v) is 15.7. The van der Waals surface area contributed by atoms with Crippen LogP contribution in [0.1, 0.15) is 27.0 Å². The van der Waals surface area contributed by atoms with E-state index in [1.165, 1.54) is 11.1 Å². The van der Waals surface area contributed by atoms with E-state index in [0.717, 1.165) is 42.8 Å². The number of hydrogen-bond donors (Lipinski definition) is 2. The van der Waals surface area contributed by atoms with Gasteiger partial charge in [-0.2, -0.15) is 5.10 Å². The molecule has 5 nitrogen and oxygen atoms in total. The van der Waals surface area contributed by atoms with Gasteiger partial charge in [0.2, 0.25) is 0 Å². The molecule has 1 amide bonds. The van der Waals surface area contributed by atoms with Crippen LogP contribution in [0.3, 0.4) is 0 Å². The third-order valence-electron chi connectivity index (χ3n) is 5.15. The smallest absolute Gasteiger partial charge is 0.256 e. The van der Waals surface area contributed by atoms with Crippen LogP contribution >= 0.6 is 0 Å². The third-order valence-corrected chi connectivity index (χ3v) is 5.15. The lowest BCUT2D eigenvalue weighted by Crippen LogP contribution is -2.16. The Labute approximate surface area is 159 Å². The van der Waals surface area contributed by atoms with Gasteiger partial charge >= 0.3 is 0 Å². The summed E-state index contributed by atoms with van der Waals surface area (Å²) in [5.41, 5.74) is 6.38. The Balaban J connectivity index is 1.57. The molecule has 0 radical (unpaired) electrons. The molecule has 0 spiro atoms. The van der Waals surface area contributed by atoms with E-state index in [0.29, 0.717) is 11.4 Å². The van der Waals surface area contributed by atoms with Crippen molar-refractivity contribution in [3.63, 3.8) is 0 Å². The fourth-order valence-corrected chi connectivity index (χ4v) is 3.58. The molecule has 0 saturated heterocycles. The summed E-state index contributed by atoms with van der Waals surface area (Å²) in [5, 5.41) is 11.0. The Morgan fingerprint density at radius 3 is 2.67 bits per heavy atom. The molecular weight excluding hydrogens is 336 g/mol. The van der Waals surface area contributed by atoms with E-state index in [2.05, 4.69) is 34.8 Å². The fourth-order valence-electron chi connectivity index (χ4n) is 3.58. The third kappa shape index (κ3) is 3.64. The first-order valence-electron chi connectivity index (χ1n) is 9.36. The average Bonchev–Trinajstić information content (AvgIpc) is 2.88. The molecule has 1 aromatic heterocycles. The first kappa shape index (κ1) is 17.5. The lowest BCUT2D eigenvalue weighted by Gasteiger charge is -2.09. The van der Waals surface area contributed by atoms with Crippen molar-refractivity contribution in [1.29, 1.82) is 0 Å². The molecule has 0 saturated carbocycles. The number of nitrogens with one attached hydrogen (secondary N) is 2. The second-order valence-electron chi connectivity index (χ2n) is 7.04. The highest BCUT2D eigenvalue weighted by Gasteiger charge is 2.15. The SMILES string of the molecule is Cc1ccccc1-c1cc(NC(=O)c2ccc3c(c2)CCNCC3)n(C)n1. The highest BCUT2D eigenvalue weighted by Crippen LogP contribution is 2.25. The maximum Gasteiger partial charge on any atom is 0.256 e. The highest BCUT2D eigenvalue weighted by atomic mass is 16.1. The summed E-state index contributed by atoms with van der Waals surface area (Å²) < 4.78 is 1.72. The highest BCUT2D eigenvalue weighted by molar-refractivity contribution is 6.04. The minimum Gasteiger partial charge on any atom is -0.316 e. The van der Waals surface area contributed by atoms with Gasteiger partial charge in [-0.05, 0) is 61.7 Å². The number of hydrogen-bond acceptors (Lipinski definition) is 3. The van der Waals surface area contributed by atoms with Crippen molar-refractivity contribution < 1.29 is 4.79 Å². The van der Waals surface area contributed by atoms with Crippen molar-refractivity contribution in [2.24, 2.45) is 7.05 Å². The molecule has 5 heteroatoms. The number of benzene rings is 2. The quantitative estimate of drug-likeness (QED) is 0.753. The summed E-state index contributed by atoms with van der Waals surface area (Å²) in [7, 11) is 1.85. The summed E-state index contributed by atoms with van der Waals surface area (Å²) in [6, 6.07) is 16.1. The van der Waals surface area contributed by atoms with Crippen molar-refractivity contribution in [3.8, 4) is 11.3 Å². The maximum atomic E-state index is 12.8. The number of anilines is 1. The van der Waals surface area contributed by atoms with Gasteiger partial charge in [0.25, 0.3) is 5.91 Å². The number of fused-ring (bicyclic) bond motifs is 1. The average molecular weight is 360 g/mol. The van der Waals surface area contributed by atoms with Crippen molar-refractivity contribution in [3.05, 3.63) is 70.8 Å². The fraction of sp³-hybridized carbons (Fsp3) is 0.273. The molecule has 0 aliphatic carbocycles. The molecule has 0 bridgehead atoms. The second-order valence-corrected chi connectivity index (χ2v) is 7.04. The summed E-state index contributed by atoms with van der Waals surface area (Å²) in [6.45, 7) is 4.02. The van der Waals surface area contributed by atoms with Crippen LogP contribution in [0, 0.1) is 6.92 Å². The molecule has 2 N–H and O–H groups in total. The lowest BCUT2D eigenvalue weighted by molar-refractivity contribution is 0.102. The number of amides is 1. The lowest BCUT2D eigenvalue weighted by atomic mass is 10.00. The van der Waals surface area contributed by atoms with Crippen molar-refractivity contribution in [1.82, 2.24) is 15.1 Å². The minimum atomic E-state index is -0.102. The van der Waals surface area contributed by atoms with Gasteiger partial charge in [-0.15, -0.1) is 0 Å². The van der Waals surface area contributed by atoms with Crippen LogP contribution in [-0.2, 0) is 19.9 Å². The Morgan fingerprint density at radius 2 is 1.85 bits per heavy atom. The van der Waals surface area contributed by atoms with E-state index in [9.17, 15) is 4.79 Å². The van der Waals surface area contributed by atoms with Crippen LogP contribution in [0.5, 0.6) is 0 Å². The first-order chi connectivity index (χ1) is 13.1. The summed E-state index contributed by atoms with van der Waals surface area (Å²) >= 11 is 0. The molecule has 1 aliphatic heterocycles. The van der Waals surface area contributed by atoms with Gasteiger partial charge in [-0.1, -0.05) is 30.3 Å². The molecule has 2 aromatic carbocycles. The Morgan fingerprint density at radius 1 is 1.07 bits per heavy atom. The van der Waals surface area contributed by atoms with Gasteiger partial charge in [-0.25, -0.2) is 0 Å². The molecule has 2 heterocycles. The van der Waals surface area contributed by atoms with Gasteiger partial charge in [0.1, 0.15) is 5.82 Å². The number of rotatable bonds is 3. The normalized spacial score (nSPS) is 13.7. The van der Waals surface area contributed by atoms with E-state index in [-0.39, 0.29) is 5.91 Å². The van der Waals surface area contributed by atoms with E-state index in [1.807, 2.05) is 43.4 Å². The van der Waals surface area contributed by atoms with Crippen LogP contribution in [0.15, 0.2) is 48.5 Å². The molecule has 0 fully saturated rings. The molecule has 4 rings (SSSR count). The van der Waals surface area contributed by atoms with Crippen molar-refractivity contribution in [2.45, 2.75) is 19.8 Å². The molecule has 3 aromatic rings. The Kier molecular flexibility index (Phi) is 4.77. The summed E-state index contributed by atoms with van der Waals surface area (Å²) in [5.74, 6) is 0.587. The molecular formula is C22H24N4O. The van der Waals surface area contributed by atoms with E-state index >= 15 is 0 Å². The largest absolute Gasteiger partial charge is 0.316 e. The van der Waals surface area contributed by atoms with Gasteiger partial charge < -0.3 is 10.6 Å². The molecule has 27 heavy (non-hydrogen) atoms. The van der Waals surface area contributed by atoms with Gasteiger partial charge in [-0.3, -0.25) is 9.48 Å². The minimum absolute atomic E-state index is 0.102. The van der Waals surface area contributed by atoms with Crippen molar-refractivity contribution >= 4 is 11.7 Å². The second kappa shape index (κ2) is 7.37. The van der Waals surface area contributed by atoms with Crippen LogP contribution < -0.4 is 10.6 Å². The number of aryl methyl sites for hydroxylation is 2. The van der Waals surface area contributed by atoms with Crippen LogP contribution in [0.2, 0.25) is 0 Å². The number of carbonyl (C=O) groups excluding carboxylic acids is 1. The summed E-state index contributed by atoms with van der Waals surface area (Å²) in [4.78, 5) is 12.8. The van der Waals surface area contributed by atoms with Crippen molar-refractivity contribution in [2.75, 3.05) is 18.4 Å². The van der Waals surface area contributed by atoms with Crippen LogP contribution in [-0.4, -0.2) is 28.8 Å². The zero-order chi connectivity index (χ0) is 18.8. The Bertz CT molecular complexity index is 990. The molecule has 0 atom stereocenters. The topological polar surface area (TPSA) is 59.0 Å².